The van der Waals surface area contributed by atoms with Gasteiger partial charge in [-0.1, -0.05) is 60.7 Å². The van der Waals surface area contributed by atoms with Gasteiger partial charge in [0.25, 0.3) is 5.91 Å². The first-order valence-corrected chi connectivity index (χ1v) is 6.13. The van der Waals surface area contributed by atoms with Gasteiger partial charge in [0, 0.05) is 0 Å². The average molecular weight is 268 g/mol. The van der Waals surface area contributed by atoms with Gasteiger partial charge in [-0.2, -0.15) is 0 Å². The smallest absolute Gasteiger partial charge is 0.314 e. The minimum atomic E-state index is -1.38. The Kier molecular flexibility index (Phi) is 2.76. The lowest BCUT2D eigenvalue weighted by Gasteiger charge is -2.27. The zero-order valence-corrected chi connectivity index (χ0v) is 10.5. The second-order valence-corrected chi connectivity index (χ2v) is 4.53. The molecule has 3 rings (SSSR count). The molecule has 0 aromatic heterocycles. The Morgan fingerprint density at radius 3 is 1.65 bits per heavy atom. The van der Waals surface area contributed by atoms with Crippen LogP contribution in [-0.2, 0) is 10.3 Å². The summed E-state index contributed by atoms with van der Waals surface area (Å²) in [5.74, 6) is -0.708. The third-order valence-corrected chi connectivity index (χ3v) is 3.41. The molecule has 1 fully saturated rings. The monoisotopic (exact) mass is 268 g/mol. The molecule has 1 aliphatic heterocycles. The number of carbonyl (C=O) groups excluding carboxylic acids is 2. The number of hydrogen-bond donors (Lipinski definition) is 2. The molecule has 5 heteroatoms. The zero-order chi connectivity index (χ0) is 14.2. The molecule has 0 spiro atoms. The Bertz CT molecular complexity index is 616. The Morgan fingerprint density at radius 2 is 1.30 bits per heavy atom. The Balaban J connectivity index is 2.25. The van der Waals surface area contributed by atoms with E-state index in [0.29, 0.717) is 11.1 Å². The number of nitrogens with zero attached hydrogens (tertiary/aromatic N) is 1. The second kappa shape index (κ2) is 4.47. The number of carbonyl (C=O) groups is 2. The fourth-order valence-corrected chi connectivity index (χ4v) is 2.45. The van der Waals surface area contributed by atoms with Crippen LogP contribution < -0.4 is 5.32 Å². The maximum atomic E-state index is 12.4. The van der Waals surface area contributed by atoms with Crippen molar-refractivity contribution in [1.82, 2.24) is 10.4 Å². The Labute approximate surface area is 115 Å². The maximum Gasteiger partial charge on any atom is 0.350 e. The Morgan fingerprint density at radius 1 is 0.850 bits per heavy atom. The molecule has 100 valence electrons. The highest BCUT2D eigenvalue weighted by Gasteiger charge is 2.53. The molecule has 2 N–H and O–H groups in total. The van der Waals surface area contributed by atoms with Gasteiger partial charge in [-0.15, -0.1) is 5.06 Å². The highest BCUT2D eigenvalue weighted by atomic mass is 16.5. The quantitative estimate of drug-likeness (QED) is 0.645. The van der Waals surface area contributed by atoms with E-state index < -0.39 is 17.5 Å². The molecule has 2 aromatic carbocycles. The first-order chi connectivity index (χ1) is 9.66. The van der Waals surface area contributed by atoms with Gasteiger partial charge in [0.1, 0.15) is 0 Å². The molecule has 2 aromatic rings. The van der Waals surface area contributed by atoms with Crippen LogP contribution in [0.15, 0.2) is 60.7 Å². The molecule has 0 atom stereocenters. The van der Waals surface area contributed by atoms with Gasteiger partial charge >= 0.3 is 6.03 Å². The topological polar surface area (TPSA) is 69.6 Å². The fourth-order valence-electron chi connectivity index (χ4n) is 2.45. The predicted molar refractivity (Wildman–Crippen MR) is 70.8 cm³/mol. The summed E-state index contributed by atoms with van der Waals surface area (Å²) in [6, 6.07) is 16.9. The molecular formula is C15H12N2O3. The van der Waals surface area contributed by atoms with Gasteiger partial charge in [-0.3, -0.25) is 10.0 Å². The van der Waals surface area contributed by atoms with E-state index in [1.165, 1.54) is 0 Å². The first kappa shape index (κ1) is 12.4. The largest absolute Gasteiger partial charge is 0.350 e. The van der Waals surface area contributed by atoms with Crippen molar-refractivity contribution in [2.75, 3.05) is 0 Å². The fraction of sp³-hybridized carbons (Fsp3) is 0.0667. The van der Waals surface area contributed by atoms with E-state index in [0.717, 1.165) is 0 Å². The summed E-state index contributed by atoms with van der Waals surface area (Å²) in [6.45, 7) is 0. The van der Waals surface area contributed by atoms with Crippen molar-refractivity contribution in [3.8, 4) is 0 Å². The molecule has 20 heavy (non-hydrogen) atoms. The van der Waals surface area contributed by atoms with E-state index in [9.17, 15) is 14.8 Å². The lowest BCUT2D eigenvalue weighted by molar-refractivity contribution is -0.151. The first-order valence-electron chi connectivity index (χ1n) is 6.13. The number of amides is 3. The normalized spacial score (nSPS) is 17.1. The summed E-state index contributed by atoms with van der Waals surface area (Å²) < 4.78 is 0. The van der Waals surface area contributed by atoms with Crippen molar-refractivity contribution in [3.05, 3.63) is 71.8 Å². The lowest BCUT2D eigenvalue weighted by Crippen LogP contribution is -2.44. The van der Waals surface area contributed by atoms with Crippen molar-refractivity contribution in [2.45, 2.75) is 5.54 Å². The van der Waals surface area contributed by atoms with Crippen molar-refractivity contribution >= 4 is 11.9 Å². The third kappa shape index (κ3) is 1.60. The van der Waals surface area contributed by atoms with Gasteiger partial charge in [0.2, 0.25) is 0 Å². The predicted octanol–water partition coefficient (Wildman–Crippen LogP) is 1.87. The van der Waals surface area contributed by atoms with Crippen molar-refractivity contribution in [1.29, 1.82) is 0 Å². The van der Waals surface area contributed by atoms with E-state index >= 15 is 0 Å². The molecule has 3 amide bonds. The minimum absolute atomic E-state index is 0.125. The van der Waals surface area contributed by atoms with E-state index in [2.05, 4.69) is 5.32 Å². The third-order valence-electron chi connectivity index (χ3n) is 3.41. The number of rotatable bonds is 2. The summed E-state index contributed by atoms with van der Waals surface area (Å²) in [7, 11) is 0. The van der Waals surface area contributed by atoms with Crippen molar-refractivity contribution in [3.63, 3.8) is 0 Å². The molecule has 0 aliphatic carbocycles. The number of hydroxylamine groups is 2. The average Bonchev–Trinajstić information content (AvgIpc) is 2.74. The molecular weight excluding hydrogens is 256 g/mol. The van der Waals surface area contributed by atoms with Gasteiger partial charge < -0.3 is 5.32 Å². The van der Waals surface area contributed by atoms with Gasteiger partial charge in [-0.05, 0) is 11.1 Å². The summed E-state index contributed by atoms with van der Waals surface area (Å²) in [5, 5.41) is 12.3. The number of hydrogen-bond acceptors (Lipinski definition) is 3. The van der Waals surface area contributed by atoms with Crippen LogP contribution in [0.3, 0.4) is 0 Å². The number of urea groups is 1. The van der Waals surface area contributed by atoms with Crippen LogP contribution in [0.5, 0.6) is 0 Å². The van der Waals surface area contributed by atoms with Crippen molar-refractivity contribution < 1.29 is 14.8 Å². The van der Waals surface area contributed by atoms with Crippen LogP contribution in [0, 0.1) is 0 Å². The SMILES string of the molecule is O=C1NC(c2ccccc2)(c2ccccc2)C(=O)N1O. The summed E-state index contributed by atoms with van der Waals surface area (Å²) in [6.07, 6.45) is 0. The highest BCUT2D eigenvalue weighted by Crippen LogP contribution is 2.35. The molecule has 1 aliphatic rings. The van der Waals surface area contributed by atoms with Crippen LogP contribution >= 0.6 is 0 Å². The van der Waals surface area contributed by atoms with E-state index in [1.54, 1.807) is 48.5 Å². The maximum absolute atomic E-state index is 12.4. The van der Waals surface area contributed by atoms with Crippen LogP contribution in [0.25, 0.3) is 0 Å². The van der Waals surface area contributed by atoms with Crippen LogP contribution in [-0.4, -0.2) is 22.2 Å². The molecule has 0 bridgehead atoms. The van der Waals surface area contributed by atoms with Crippen LogP contribution in [0.1, 0.15) is 11.1 Å². The summed E-state index contributed by atoms with van der Waals surface area (Å²) in [4.78, 5) is 24.1. The Hall–Kier alpha value is -2.66. The van der Waals surface area contributed by atoms with E-state index in [1.807, 2.05) is 12.1 Å². The van der Waals surface area contributed by atoms with Gasteiger partial charge in [0.15, 0.2) is 5.54 Å². The lowest BCUT2D eigenvalue weighted by atomic mass is 9.83. The minimum Gasteiger partial charge on any atom is -0.314 e. The van der Waals surface area contributed by atoms with Gasteiger partial charge in [0.05, 0.1) is 0 Å². The van der Waals surface area contributed by atoms with Crippen molar-refractivity contribution in [2.24, 2.45) is 0 Å². The van der Waals surface area contributed by atoms with E-state index in [-0.39, 0.29) is 5.06 Å². The van der Waals surface area contributed by atoms with Crippen LogP contribution in [0.2, 0.25) is 0 Å². The molecule has 0 saturated carbocycles. The standard InChI is InChI=1S/C15H12N2O3/c18-13-15(16-14(19)17(13)20,11-7-3-1-4-8-11)12-9-5-2-6-10-12/h1-10,20H,(H,16,19). The van der Waals surface area contributed by atoms with Gasteiger partial charge in [-0.25, -0.2) is 4.79 Å². The highest BCUT2D eigenvalue weighted by molar-refractivity contribution is 6.08. The second-order valence-electron chi connectivity index (χ2n) is 4.53. The van der Waals surface area contributed by atoms with Crippen LogP contribution in [0.4, 0.5) is 4.79 Å². The van der Waals surface area contributed by atoms with E-state index in [4.69, 9.17) is 0 Å². The summed E-state index contributed by atoms with van der Waals surface area (Å²) in [5.41, 5.74) is -0.184. The molecule has 1 saturated heterocycles. The summed E-state index contributed by atoms with van der Waals surface area (Å²) >= 11 is 0. The molecule has 1 heterocycles. The molecule has 0 unspecified atom stereocenters. The molecule has 0 radical (unpaired) electrons. The number of benzene rings is 2. The number of imide groups is 1. The number of nitrogens with one attached hydrogen (secondary N) is 1. The zero-order valence-electron chi connectivity index (χ0n) is 10.5. The molecule has 5 nitrogen and oxygen atoms in total.